The Kier molecular flexibility index (Phi) is 5.53. The van der Waals surface area contributed by atoms with E-state index < -0.39 is 0 Å². The standard InChI is InChI=1S/C21H26N4O4/c1-3-24-19(22-25(21(24)27)12-13-28-2)15-8-10-23(11-9-15)20(26)18-14-16-6-4-5-7-17(16)29-18/h4-7,14-15H,3,8-13H2,1-2H3. The Morgan fingerprint density at radius 1 is 1.28 bits per heavy atom. The van der Waals surface area contributed by atoms with Crippen LogP contribution in [0.1, 0.15) is 42.1 Å². The summed E-state index contributed by atoms with van der Waals surface area (Å²) in [6.07, 6.45) is 1.54. The second kappa shape index (κ2) is 8.24. The van der Waals surface area contributed by atoms with E-state index in [0.29, 0.717) is 38.5 Å². The molecule has 2 aromatic heterocycles. The van der Waals surface area contributed by atoms with E-state index >= 15 is 0 Å². The summed E-state index contributed by atoms with van der Waals surface area (Å²) >= 11 is 0. The zero-order chi connectivity index (χ0) is 20.4. The first-order valence-corrected chi connectivity index (χ1v) is 10.1. The fraction of sp³-hybridized carbons (Fsp3) is 0.476. The number of carbonyl (C=O) groups is 1. The molecular formula is C21H26N4O4. The molecule has 8 nitrogen and oxygen atoms in total. The van der Waals surface area contributed by atoms with Gasteiger partial charge in [-0.25, -0.2) is 9.48 Å². The highest BCUT2D eigenvalue weighted by molar-refractivity contribution is 5.96. The van der Waals surface area contributed by atoms with Gasteiger partial charge in [0.25, 0.3) is 5.91 Å². The number of rotatable bonds is 6. The minimum Gasteiger partial charge on any atom is -0.451 e. The van der Waals surface area contributed by atoms with Gasteiger partial charge in [0.15, 0.2) is 5.76 Å². The van der Waals surface area contributed by atoms with E-state index in [1.54, 1.807) is 17.7 Å². The minimum absolute atomic E-state index is 0.0850. The Balaban J connectivity index is 1.46. The van der Waals surface area contributed by atoms with Crippen molar-refractivity contribution in [1.82, 2.24) is 19.2 Å². The van der Waals surface area contributed by atoms with Crippen LogP contribution in [0.25, 0.3) is 11.0 Å². The van der Waals surface area contributed by atoms with Crippen LogP contribution in [0.15, 0.2) is 39.5 Å². The molecule has 0 atom stereocenters. The van der Waals surface area contributed by atoms with E-state index in [9.17, 15) is 9.59 Å². The SMILES string of the molecule is CCn1c(C2CCN(C(=O)c3cc4ccccc4o3)CC2)nn(CCOC)c1=O. The van der Waals surface area contributed by atoms with Gasteiger partial charge >= 0.3 is 5.69 Å². The third-order valence-electron chi connectivity index (χ3n) is 5.56. The molecule has 0 bridgehead atoms. The van der Waals surface area contributed by atoms with Gasteiger partial charge in [0.05, 0.1) is 13.2 Å². The summed E-state index contributed by atoms with van der Waals surface area (Å²) in [6.45, 7) is 4.66. The molecule has 154 valence electrons. The number of carbonyl (C=O) groups excluding carboxylic acids is 1. The maximum absolute atomic E-state index is 12.9. The average Bonchev–Trinajstić information content (AvgIpc) is 3.32. The topological polar surface area (TPSA) is 82.5 Å². The van der Waals surface area contributed by atoms with Crippen molar-refractivity contribution >= 4 is 16.9 Å². The summed E-state index contributed by atoms with van der Waals surface area (Å²) in [7, 11) is 1.61. The number of likely N-dealkylation sites (tertiary alicyclic amines) is 1. The quantitative estimate of drug-likeness (QED) is 0.637. The monoisotopic (exact) mass is 398 g/mol. The average molecular weight is 398 g/mol. The summed E-state index contributed by atoms with van der Waals surface area (Å²) in [5.74, 6) is 1.26. The van der Waals surface area contributed by atoms with E-state index in [1.165, 1.54) is 4.68 Å². The van der Waals surface area contributed by atoms with Gasteiger partial charge in [0, 0.05) is 38.0 Å². The lowest BCUT2D eigenvalue weighted by molar-refractivity contribution is 0.0680. The first kappa shape index (κ1) is 19.4. The van der Waals surface area contributed by atoms with Crippen LogP contribution in [0, 0.1) is 0 Å². The molecule has 0 spiro atoms. The molecule has 8 heteroatoms. The highest BCUT2D eigenvalue weighted by Gasteiger charge is 2.29. The highest BCUT2D eigenvalue weighted by atomic mass is 16.5. The van der Waals surface area contributed by atoms with Crippen molar-refractivity contribution in [2.45, 2.75) is 38.8 Å². The highest BCUT2D eigenvalue weighted by Crippen LogP contribution is 2.28. The van der Waals surface area contributed by atoms with E-state index in [4.69, 9.17) is 9.15 Å². The van der Waals surface area contributed by atoms with E-state index in [-0.39, 0.29) is 17.5 Å². The molecule has 1 aromatic carbocycles. The second-order valence-corrected chi connectivity index (χ2v) is 7.32. The van der Waals surface area contributed by atoms with Crippen LogP contribution in [-0.2, 0) is 17.8 Å². The summed E-state index contributed by atoms with van der Waals surface area (Å²) in [5, 5.41) is 5.49. The number of benzene rings is 1. The van der Waals surface area contributed by atoms with E-state index in [2.05, 4.69) is 5.10 Å². The van der Waals surface area contributed by atoms with Crippen molar-refractivity contribution in [3.05, 3.63) is 52.4 Å². The number of para-hydroxylation sites is 1. The first-order chi connectivity index (χ1) is 14.1. The Morgan fingerprint density at radius 2 is 2.03 bits per heavy atom. The largest absolute Gasteiger partial charge is 0.451 e. The van der Waals surface area contributed by atoms with Crippen molar-refractivity contribution in [3.63, 3.8) is 0 Å². The Bertz CT molecular complexity index is 1020. The van der Waals surface area contributed by atoms with Gasteiger partial charge in [-0.2, -0.15) is 5.10 Å². The van der Waals surface area contributed by atoms with Gasteiger partial charge in [0.1, 0.15) is 11.4 Å². The third-order valence-corrected chi connectivity index (χ3v) is 5.56. The molecule has 0 N–H and O–H groups in total. The fourth-order valence-electron chi connectivity index (χ4n) is 3.96. The lowest BCUT2D eigenvalue weighted by Gasteiger charge is -2.31. The molecule has 1 amide bonds. The zero-order valence-electron chi connectivity index (χ0n) is 16.8. The Hall–Kier alpha value is -2.87. The van der Waals surface area contributed by atoms with E-state index in [1.807, 2.05) is 36.1 Å². The van der Waals surface area contributed by atoms with Crippen molar-refractivity contribution in [1.29, 1.82) is 0 Å². The number of fused-ring (bicyclic) bond motifs is 1. The second-order valence-electron chi connectivity index (χ2n) is 7.32. The number of furan rings is 1. The maximum atomic E-state index is 12.9. The van der Waals surface area contributed by atoms with E-state index in [0.717, 1.165) is 29.6 Å². The normalized spacial score (nSPS) is 15.3. The predicted octanol–water partition coefficient (Wildman–Crippen LogP) is 2.48. The lowest BCUT2D eigenvalue weighted by Crippen LogP contribution is -2.38. The number of methoxy groups -OCH3 is 1. The molecule has 1 aliphatic rings. The molecule has 0 aliphatic carbocycles. The number of ether oxygens (including phenoxy) is 1. The Labute approximate surface area is 168 Å². The summed E-state index contributed by atoms with van der Waals surface area (Å²) in [5.41, 5.74) is 0.625. The summed E-state index contributed by atoms with van der Waals surface area (Å²) in [6, 6.07) is 9.42. The van der Waals surface area contributed by atoms with Crippen molar-refractivity contribution in [2.75, 3.05) is 26.8 Å². The van der Waals surface area contributed by atoms with Crippen molar-refractivity contribution in [3.8, 4) is 0 Å². The number of aromatic nitrogens is 3. The maximum Gasteiger partial charge on any atom is 0.345 e. The molecule has 3 heterocycles. The molecule has 1 saturated heterocycles. The van der Waals surface area contributed by atoms with Gasteiger partial charge in [-0.3, -0.25) is 9.36 Å². The van der Waals surface area contributed by atoms with Crippen LogP contribution in [0.5, 0.6) is 0 Å². The number of hydrogen-bond donors (Lipinski definition) is 0. The molecule has 3 aromatic rings. The van der Waals surface area contributed by atoms with Crippen LogP contribution in [-0.4, -0.2) is 52.0 Å². The smallest absolute Gasteiger partial charge is 0.345 e. The molecular weight excluding hydrogens is 372 g/mol. The number of nitrogens with zero attached hydrogens (tertiary/aromatic N) is 4. The minimum atomic E-state index is -0.0969. The molecule has 4 rings (SSSR count). The van der Waals surface area contributed by atoms with Gasteiger partial charge in [-0.15, -0.1) is 0 Å². The van der Waals surface area contributed by atoms with Crippen LogP contribution in [0.2, 0.25) is 0 Å². The number of amides is 1. The molecule has 29 heavy (non-hydrogen) atoms. The van der Waals surface area contributed by atoms with Crippen LogP contribution >= 0.6 is 0 Å². The van der Waals surface area contributed by atoms with Gasteiger partial charge in [0.2, 0.25) is 0 Å². The van der Waals surface area contributed by atoms with Crippen LogP contribution in [0.4, 0.5) is 0 Å². The summed E-state index contributed by atoms with van der Waals surface area (Å²) < 4.78 is 14.0. The number of hydrogen-bond acceptors (Lipinski definition) is 5. The Morgan fingerprint density at radius 3 is 2.72 bits per heavy atom. The molecule has 1 fully saturated rings. The summed E-state index contributed by atoms with van der Waals surface area (Å²) in [4.78, 5) is 27.2. The first-order valence-electron chi connectivity index (χ1n) is 10.1. The van der Waals surface area contributed by atoms with Crippen LogP contribution < -0.4 is 5.69 Å². The molecule has 0 unspecified atom stereocenters. The van der Waals surface area contributed by atoms with Crippen LogP contribution in [0.3, 0.4) is 0 Å². The zero-order valence-corrected chi connectivity index (χ0v) is 16.8. The lowest BCUT2D eigenvalue weighted by atomic mass is 9.95. The van der Waals surface area contributed by atoms with Crippen molar-refractivity contribution < 1.29 is 13.9 Å². The molecule has 0 saturated carbocycles. The van der Waals surface area contributed by atoms with Gasteiger partial charge in [-0.1, -0.05) is 18.2 Å². The van der Waals surface area contributed by atoms with Gasteiger partial charge < -0.3 is 14.1 Å². The molecule has 1 aliphatic heterocycles. The predicted molar refractivity (Wildman–Crippen MR) is 108 cm³/mol. The van der Waals surface area contributed by atoms with Gasteiger partial charge in [-0.05, 0) is 31.9 Å². The molecule has 0 radical (unpaired) electrons. The van der Waals surface area contributed by atoms with Crippen molar-refractivity contribution in [2.24, 2.45) is 0 Å². The fourth-order valence-corrected chi connectivity index (χ4v) is 3.96. The third kappa shape index (κ3) is 3.72. The number of piperidine rings is 1.